The highest BCUT2D eigenvalue weighted by atomic mass is 19.2. The number of carboxylic acid groups (broad SMARTS) is 1. The molecular weight excluding hydrogens is 242 g/mol. The van der Waals surface area contributed by atoms with E-state index >= 15 is 0 Å². The summed E-state index contributed by atoms with van der Waals surface area (Å²) in [6.07, 6.45) is 0.426. The second-order valence-corrected chi connectivity index (χ2v) is 4.06. The van der Waals surface area contributed by atoms with Crippen LogP contribution in [0.3, 0.4) is 0 Å². The molecule has 1 atom stereocenters. The highest BCUT2D eigenvalue weighted by Gasteiger charge is 2.07. The molecular formula is C12H16F2N2O2. The SMILES string of the molecule is NC(CNCCc1ccc(F)c(F)c1)CC(=O)O. The smallest absolute Gasteiger partial charge is 0.304 e. The van der Waals surface area contributed by atoms with Gasteiger partial charge in [-0.3, -0.25) is 4.79 Å². The third-order valence-electron chi connectivity index (χ3n) is 2.42. The Morgan fingerprint density at radius 3 is 2.72 bits per heavy atom. The number of nitrogens with two attached hydrogens (primary N) is 1. The van der Waals surface area contributed by atoms with Gasteiger partial charge in [0, 0.05) is 12.6 Å². The molecule has 0 fully saturated rings. The summed E-state index contributed by atoms with van der Waals surface area (Å²) in [4.78, 5) is 10.3. The maximum absolute atomic E-state index is 12.9. The fourth-order valence-electron chi connectivity index (χ4n) is 1.51. The number of nitrogens with one attached hydrogen (secondary N) is 1. The van der Waals surface area contributed by atoms with E-state index in [9.17, 15) is 13.6 Å². The van der Waals surface area contributed by atoms with Crippen LogP contribution >= 0.6 is 0 Å². The minimum atomic E-state index is -0.940. The van der Waals surface area contributed by atoms with E-state index in [0.717, 1.165) is 12.1 Å². The van der Waals surface area contributed by atoms with Gasteiger partial charge in [0.05, 0.1) is 6.42 Å². The predicted octanol–water partition coefficient (Wildman–Crippen LogP) is 0.899. The summed E-state index contributed by atoms with van der Waals surface area (Å²) in [5.74, 6) is -2.67. The summed E-state index contributed by atoms with van der Waals surface area (Å²) in [5.41, 5.74) is 6.22. The lowest BCUT2D eigenvalue weighted by molar-refractivity contribution is -0.137. The molecule has 18 heavy (non-hydrogen) atoms. The maximum Gasteiger partial charge on any atom is 0.304 e. The average Bonchev–Trinajstić information content (AvgIpc) is 2.28. The van der Waals surface area contributed by atoms with E-state index in [2.05, 4.69) is 5.32 Å². The summed E-state index contributed by atoms with van der Waals surface area (Å²) in [6, 6.07) is 3.29. The molecule has 1 unspecified atom stereocenters. The van der Waals surface area contributed by atoms with Crippen LogP contribution in [0, 0.1) is 11.6 Å². The van der Waals surface area contributed by atoms with Gasteiger partial charge in [0.1, 0.15) is 0 Å². The lowest BCUT2D eigenvalue weighted by Gasteiger charge is -2.10. The van der Waals surface area contributed by atoms with Gasteiger partial charge >= 0.3 is 5.97 Å². The van der Waals surface area contributed by atoms with E-state index in [-0.39, 0.29) is 6.42 Å². The Kier molecular flexibility index (Phi) is 5.67. The van der Waals surface area contributed by atoms with Gasteiger partial charge in [-0.1, -0.05) is 6.07 Å². The normalized spacial score (nSPS) is 12.4. The average molecular weight is 258 g/mol. The van der Waals surface area contributed by atoms with Gasteiger partial charge in [-0.05, 0) is 30.7 Å². The number of aliphatic carboxylic acids is 1. The first kappa shape index (κ1) is 14.5. The number of hydrogen-bond donors (Lipinski definition) is 3. The summed E-state index contributed by atoms with van der Waals surface area (Å²) in [6.45, 7) is 0.897. The zero-order valence-electron chi connectivity index (χ0n) is 9.83. The molecule has 0 saturated heterocycles. The van der Waals surface area contributed by atoms with Crippen LogP contribution in [0.2, 0.25) is 0 Å². The lowest BCUT2D eigenvalue weighted by Crippen LogP contribution is -2.36. The van der Waals surface area contributed by atoms with Crippen molar-refractivity contribution >= 4 is 5.97 Å². The molecule has 0 amide bonds. The largest absolute Gasteiger partial charge is 0.481 e. The van der Waals surface area contributed by atoms with Crippen LogP contribution in [0.4, 0.5) is 8.78 Å². The van der Waals surface area contributed by atoms with Gasteiger partial charge in [0.2, 0.25) is 0 Å². The molecule has 0 bridgehead atoms. The molecule has 0 spiro atoms. The van der Waals surface area contributed by atoms with Gasteiger partial charge in [0.15, 0.2) is 11.6 Å². The monoisotopic (exact) mass is 258 g/mol. The predicted molar refractivity (Wildman–Crippen MR) is 63.2 cm³/mol. The number of hydrogen-bond acceptors (Lipinski definition) is 3. The highest BCUT2D eigenvalue weighted by Crippen LogP contribution is 2.08. The highest BCUT2D eigenvalue weighted by molar-refractivity contribution is 5.67. The summed E-state index contributed by atoms with van der Waals surface area (Å²) >= 11 is 0. The Morgan fingerprint density at radius 1 is 1.39 bits per heavy atom. The van der Waals surface area contributed by atoms with Crippen LogP contribution in [0.1, 0.15) is 12.0 Å². The number of halogens is 2. The maximum atomic E-state index is 12.9. The van der Waals surface area contributed by atoms with Gasteiger partial charge < -0.3 is 16.2 Å². The van der Waals surface area contributed by atoms with E-state index in [4.69, 9.17) is 10.8 Å². The summed E-state index contributed by atoms with van der Waals surface area (Å²) in [7, 11) is 0. The van der Waals surface area contributed by atoms with Crippen LogP contribution in [0.25, 0.3) is 0 Å². The minimum absolute atomic E-state index is 0.0990. The molecule has 6 heteroatoms. The van der Waals surface area contributed by atoms with Crippen LogP contribution in [0.15, 0.2) is 18.2 Å². The number of benzene rings is 1. The van der Waals surface area contributed by atoms with Gasteiger partial charge in [0.25, 0.3) is 0 Å². The van der Waals surface area contributed by atoms with Crippen molar-refractivity contribution in [3.8, 4) is 0 Å². The fourth-order valence-corrected chi connectivity index (χ4v) is 1.51. The van der Waals surface area contributed by atoms with Crippen molar-refractivity contribution < 1.29 is 18.7 Å². The summed E-state index contributed by atoms with van der Waals surface area (Å²) < 4.78 is 25.5. The summed E-state index contributed by atoms with van der Waals surface area (Å²) in [5, 5.41) is 11.5. The molecule has 1 aromatic rings. The standard InChI is InChI=1S/C12H16F2N2O2/c13-10-2-1-8(5-11(10)14)3-4-16-7-9(15)6-12(17)18/h1-2,5,9,16H,3-4,6-7,15H2,(H,17,18). The molecule has 1 rings (SSSR count). The van der Waals surface area contributed by atoms with Crippen molar-refractivity contribution in [2.45, 2.75) is 18.9 Å². The van der Waals surface area contributed by atoms with Gasteiger partial charge in [-0.15, -0.1) is 0 Å². The van der Waals surface area contributed by atoms with E-state index in [1.54, 1.807) is 0 Å². The Balaban J connectivity index is 2.25. The van der Waals surface area contributed by atoms with Crippen molar-refractivity contribution in [1.82, 2.24) is 5.32 Å². The Hall–Kier alpha value is -1.53. The first-order valence-electron chi connectivity index (χ1n) is 5.61. The Labute approximate surface area is 104 Å². The second-order valence-electron chi connectivity index (χ2n) is 4.06. The third kappa shape index (κ3) is 5.20. The molecule has 100 valence electrons. The third-order valence-corrected chi connectivity index (χ3v) is 2.42. The number of carboxylic acids is 1. The molecule has 1 aromatic carbocycles. The second kappa shape index (κ2) is 7.03. The van der Waals surface area contributed by atoms with E-state index in [0.29, 0.717) is 25.1 Å². The van der Waals surface area contributed by atoms with Crippen molar-refractivity contribution in [1.29, 1.82) is 0 Å². The number of carbonyl (C=O) groups is 1. The van der Waals surface area contributed by atoms with Crippen LogP contribution in [0.5, 0.6) is 0 Å². The van der Waals surface area contributed by atoms with Crippen molar-refractivity contribution in [3.05, 3.63) is 35.4 Å². The molecule has 0 aromatic heterocycles. The van der Waals surface area contributed by atoms with E-state index in [1.807, 2.05) is 0 Å². The fraction of sp³-hybridized carbons (Fsp3) is 0.417. The first-order valence-corrected chi connectivity index (χ1v) is 5.61. The molecule has 0 aliphatic rings. The lowest BCUT2D eigenvalue weighted by atomic mass is 10.1. The zero-order valence-corrected chi connectivity index (χ0v) is 9.83. The topological polar surface area (TPSA) is 75.3 Å². The van der Waals surface area contributed by atoms with Gasteiger partial charge in [-0.2, -0.15) is 0 Å². The molecule has 0 radical (unpaired) electrons. The number of rotatable bonds is 7. The van der Waals surface area contributed by atoms with Gasteiger partial charge in [-0.25, -0.2) is 8.78 Å². The minimum Gasteiger partial charge on any atom is -0.481 e. The van der Waals surface area contributed by atoms with Crippen molar-refractivity contribution in [2.75, 3.05) is 13.1 Å². The first-order chi connectivity index (χ1) is 8.49. The molecule has 0 aliphatic heterocycles. The van der Waals surface area contributed by atoms with E-state index < -0.39 is 23.6 Å². The molecule has 0 aliphatic carbocycles. The molecule has 0 heterocycles. The van der Waals surface area contributed by atoms with Crippen molar-refractivity contribution in [2.24, 2.45) is 5.73 Å². The van der Waals surface area contributed by atoms with Crippen LogP contribution in [-0.2, 0) is 11.2 Å². The quantitative estimate of drug-likeness (QED) is 0.635. The molecule has 4 N–H and O–H groups in total. The van der Waals surface area contributed by atoms with Crippen molar-refractivity contribution in [3.63, 3.8) is 0 Å². The zero-order chi connectivity index (χ0) is 13.5. The van der Waals surface area contributed by atoms with E-state index in [1.165, 1.54) is 6.07 Å². The van der Waals surface area contributed by atoms with Crippen LogP contribution < -0.4 is 11.1 Å². The van der Waals surface area contributed by atoms with Crippen LogP contribution in [-0.4, -0.2) is 30.2 Å². The Bertz CT molecular complexity index is 413. The molecule has 0 saturated carbocycles. The molecule has 4 nitrogen and oxygen atoms in total. The Morgan fingerprint density at radius 2 is 2.11 bits per heavy atom.